The molecular weight excluding hydrogens is 254 g/mol. The van der Waals surface area contributed by atoms with E-state index in [1.165, 1.54) is 10.4 Å². The summed E-state index contributed by atoms with van der Waals surface area (Å²) in [4.78, 5) is 1.25. The van der Waals surface area contributed by atoms with Crippen molar-refractivity contribution in [1.29, 1.82) is 0 Å². The van der Waals surface area contributed by atoms with E-state index in [9.17, 15) is 0 Å². The van der Waals surface area contributed by atoms with E-state index < -0.39 is 0 Å². The van der Waals surface area contributed by atoms with Gasteiger partial charge < -0.3 is 10.1 Å². The zero-order valence-electron chi connectivity index (χ0n) is 11.8. The van der Waals surface area contributed by atoms with Crippen LogP contribution in [0.15, 0.2) is 41.8 Å². The number of rotatable bonds is 5. The molecule has 1 heterocycles. The molecule has 0 atom stereocenters. The van der Waals surface area contributed by atoms with Gasteiger partial charge in [-0.1, -0.05) is 18.2 Å². The lowest BCUT2D eigenvalue weighted by Gasteiger charge is -2.20. The zero-order valence-corrected chi connectivity index (χ0v) is 12.6. The molecule has 1 aromatic carbocycles. The Balaban J connectivity index is 1.91. The van der Waals surface area contributed by atoms with Crippen LogP contribution in [0.2, 0.25) is 0 Å². The first-order valence-electron chi connectivity index (χ1n) is 6.52. The summed E-state index contributed by atoms with van der Waals surface area (Å²) in [6.45, 7) is 8.02. The summed E-state index contributed by atoms with van der Waals surface area (Å²) in [5, 5.41) is 5.55. The first kappa shape index (κ1) is 14.1. The Bertz CT molecular complexity index is 500. The average Bonchev–Trinajstić information content (AvgIpc) is 2.87. The molecule has 1 N–H and O–H groups in total. The summed E-state index contributed by atoms with van der Waals surface area (Å²) in [5.41, 5.74) is 1.38. The van der Waals surface area contributed by atoms with Crippen molar-refractivity contribution in [3.05, 3.63) is 52.2 Å². The highest BCUT2D eigenvalue weighted by atomic mass is 32.1. The molecule has 0 radical (unpaired) electrons. The van der Waals surface area contributed by atoms with Gasteiger partial charge in [0.2, 0.25) is 0 Å². The van der Waals surface area contributed by atoms with Crippen LogP contribution in [-0.2, 0) is 13.2 Å². The third kappa shape index (κ3) is 5.05. The van der Waals surface area contributed by atoms with Crippen molar-refractivity contribution >= 4 is 11.3 Å². The van der Waals surface area contributed by atoms with Crippen molar-refractivity contribution in [3.63, 3.8) is 0 Å². The van der Waals surface area contributed by atoms with Crippen LogP contribution < -0.4 is 10.1 Å². The minimum atomic E-state index is 0.133. The molecule has 1 aromatic heterocycles. The predicted molar refractivity (Wildman–Crippen MR) is 81.7 cm³/mol. The molecule has 0 unspecified atom stereocenters. The summed E-state index contributed by atoms with van der Waals surface area (Å²) in [5.74, 6) is 0.932. The lowest BCUT2D eigenvalue weighted by atomic mass is 10.1. The van der Waals surface area contributed by atoms with Gasteiger partial charge in [-0.25, -0.2) is 0 Å². The summed E-state index contributed by atoms with van der Waals surface area (Å²) in [6.07, 6.45) is 0. The van der Waals surface area contributed by atoms with Crippen LogP contribution in [-0.4, -0.2) is 5.54 Å². The molecule has 0 bridgehead atoms. The first-order valence-corrected chi connectivity index (χ1v) is 7.40. The van der Waals surface area contributed by atoms with Crippen molar-refractivity contribution < 1.29 is 4.74 Å². The third-order valence-electron chi connectivity index (χ3n) is 2.68. The lowest BCUT2D eigenvalue weighted by molar-refractivity contribution is 0.309. The average molecular weight is 275 g/mol. The molecule has 0 aliphatic carbocycles. The van der Waals surface area contributed by atoms with Gasteiger partial charge in [-0.05, 0) is 49.9 Å². The topological polar surface area (TPSA) is 21.3 Å². The SMILES string of the molecule is CC(C)(C)NCc1cccc(OCc2cccs2)c1. The Labute approximate surface area is 119 Å². The van der Waals surface area contributed by atoms with E-state index in [1.807, 2.05) is 18.2 Å². The largest absolute Gasteiger partial charge is 0.488 e. The molecule has 0 aliphatic rings. The van der Waals surface area contributed by atoms with Crippen molar-refractivity contribution in [2.75, 3.05) is 0 Å². The van der Waals surface area contributed by atoms with E-state index in [2.05, 4.69) is 49.7 Å². The number of hydrogen-bond acceptors (Lipinski definition) is 3. The smallest absolute Gasteiger partial charge is 0.122 e. The van der Waals surface area contributed by atoms with Crippen molar-refractivity contribution in [1.82, 2.24) is 5.32 Å². The molecule has 0 saturated carbocycles. The Morgan fingerprint density at radius 3 is 2.68 bits per heavy atom. The standard InChI is InChI=1S/C16H21NOS/c1-16(2,3)17-11-13-6-4-7-14(10-13)18-12-15-8-5-9-19-15/h4-10,17H,11-12H2,1-3H3. The van der Waals surface area contributed by atoms with Gasteiger partial charge in [0.1, 0.15) is 12.4 Å². The van der Waals surface area contributed by atoms with Gasteiger partial charge in [0.15, 0.2) is 0 Å². The normalized spacial score (nSPS) is 11.5. The maximum Gasteiger partial charge on any atom is 0.122 e. The fourth-order valence-electron chi connectivity index (χ4n) is 1.66. The second kappa shape index (κ2) is 6.22. The fraction of sp³-hybridized carbons (Fsp3) is 0.375. The fourth-order valence-corrected chi connectivity index (χ4v) is 2.28. The van der Waals surface area contributed by atoms with Crippen LogP contribution in [0.5, 0.6) is 5.75 Å². The Morgan fingerprint density at radius 1 is 1.16 bits per heavy atom. The molecule has 0 saturated heterocycles. The van der Waals surface area contributed by atoms with Gasteiger partial charge in [-0.15, -0.1) is 11.3 Å². The summed E-state index contributed by atoms with van der Waals surface area (Å²) < 4.78 is 5.81. The lowest BCUT2D eigenvalue weighted by Crippen LogP contribution is -2.35. The van der Waals surface area contributed by atoms with Crippen molar-refractivity contribution in [2.24, 2.45) is 0 Å². The van der Waals surface area contributed by atoms with E-state index in [-0.39, 0.29) is 5.54 Å². The Kier molecular flexibility index (Phi) is 4.61. The van der Waals surface area contributed by atoms with Gasteiger partial charge in [-0.2, -0.15) is 0 Å². The van der Waals surface area contributed by atoms with Gasteiger partial charge in [0.05, 0.1) is 0 Å². The second-order valence-electron chi connectivity index (χ2n) is 5.62. The highest BCUT2D eigenvalue weighted by Gasteiger charge is 2.08. The van der Waals surface area contributed by atoms with Crippen molar-refractivity contribution in [3.8, 4) is 5.75 Å². The minimum absolute atomic E-state index is 0.133. The van der Waals surface area contributed by atoms with E-state index >= 15 is 0 Å². The van der Waals surface area contributed by atoms with Crippen LogP contribution in [0.3, 0.4) is 0 Å². The third-order valence-corrected chi connectivity index (χ3v) is 3.53. The number of ether oxygens (including phenoxy) is 1. The second-order valence-corrected chi connectivity index (χ2v) is 6.65. The van der Waals surface area contributed by atoms with Gasteiger partial charge >= 0.3 is 0 Å². The monoisotopic (exact) mass is 275 g/mol. The molecule has 0 fully saturated rings. The highest BCUT2D eigenvalue weighted by molar-refractivity contribution is 7.09. The number of thiophene rings is 1. The van der Waals surface area contributed by atoms with E-state index in [0.29, 0.717) is 6.61 Å². The van der Waals surface area contributed by atoms with Crippen LogP contribution in [0.4, 0.5) is 0 Å². The molecule has 2 rings (SSSR count). The summed E-state index contributed by atoms with van der Waals surface area (Å²) >= 11 is 1.72. The molecule has 0 spiro atoms. The highest BCUT2D eigenvalue weighted by Crippen LogP contribution is 2.17. The Morgan fingerprint density at radius 2 is 2.00 bits per heavy atom. The van der Waals surface area contributed by atoms with Gasteiger partial charge in [-0.3, -0.25) is 0 Å². The predicted octanol–water partition coefficient (Wildman–Crippen LogP) is 4.22. The summed E-state index contributed by atoms with van der Waals surface area (Å²) in [6, 6.07) is 12.4. The molecule has 2 aromatic rings. The summed E-state index contributed by atoms with van der Waals surface area (Å²) in [7, 11) is 0. The van der Waals surface area contributed by atoms with E-state index in [0.717, 1.165) is 12.3 Å². The first-order chi connectivity index (χ1) is 9.03. The molecular formula is C16H21NOS. The number of hydrogen-bond donors (Lipinski definition) is 1. The Hall–Kier alpha value is -1.32. The number of nitrogens with one attached hydrogen (secondary N) is 1. The van der Waals surface area contributed by atoms with Crippen LogP contribution in [0.25, 0.3) is 0 Å². The van der Waals surface area contributed by atoms with Crippen LogP contribution in [0, 0.1) is 0 Å². The quantitative estimate of drug-likeness (QED) is 0.882. The maximum absolute atomic E-state index is 5.81. The molecule has 3 heteroatoms. The van der Waals surface area contributed by atoms with Crippen LogP contribution >= 0.6 is 11.3 Å². The van der Waals surface area contributed by atoms with E-state index in [1.54, 1.807) is 11.3 Å². The molecule has 102 valence electrons. The maximum atomic E-state index is 5.81. The van der Waals surface area contributed by atoms with Crippen molar-refractivity contribution in [2.45, 2.75) is 39.5 Å². The van der Waals surface area contributed by atoms with Crippen LogP contribution in [0.1, 0.15) is 31.2 Å². The zero-order chi connectivity index (χ0) is 13.7. The number of benzene rings is 1. The molecule has 2 nitrogen and oxygen atoms in total. The molecule has 0 aliphatic heterocycles. The van der Waals surface area contributed by atoms with Gasteiger partial charge in [0.25, 0.3) is 0 Å². The minimum Gasteiger partial charge on any atom is -0.488 e. The van der Waals surface area contributed by atoms with E-state index in [4.69, 9.17) is 4.74 Å². The van der Waals surface area contributed by atoms with Gasteiger partial charge in [0, 0.05) is 17.0 Å². The molecule has 0 amide bonds. The molecule has 19 heavy (non-hydrogen) atoms.